The molecule has 0 aliphatic carbocycles. The molecule has 0 spiro atoms. The Kier molecular flexibility index (Phi) is 6.26. The highest BCUT2D eigenvalue weighted by atomic mass is 32.1. The Morgan fingerprint density at radius 1 is 1.21 bits per heavy atom. The number of anilines is 1. The first-order valence-electron chi connectivity index (χ1n) is 9.21. The SMILES string of the molecule is CCOC(=O)c1c(NC(=O)Cc2cnn(-c3ccccc3)c2)sc(C)c1CC. The summed E-state index contributed by atoms with van der Waals surface area (Å²) in [7, 11) is 0. The van der Waals surface area contributed by atoms with Crippen LogP contribution in [-0.2, 0) is 22.4 Å². The Morgan fingerprint density at radius 3 is 2.64 bits per heavy atom. The molecule has 2 aromatic heterocycles. The van der Waals surface area contributed by atoms with E-state index in [1.54, 1.807) is 17.8 Å². The van der Waals surface area contributed by atoms with E-state index in [1.165, 1.54) is 11.3 Å². The molecule has 0 fully saturated rings. The monoisotopic (exact) mass is 397 g/mol. The zero-order valence-electron chi connectivity index (χ0n) is 16.2. The molecule has 6 nitrogen and oxygen atoms in total. The van der Waals surface area contributed by atoms with E-state index in [2.05, 4.69) is 10.4 Å². The molecule has 1 N–H and O–H groups in total. The molecule has 0 unspecified atom stereocenters. The molecule has 7 heteroatoms. The Hall–Kier alpha value is -2.93. The fourth-order valence-corrected chi connectivity index (χ4v) is 4.19. The lowest BCUT2D eigenvalue weighted by Crippen LogP contribution is -2.16. The zero-order valence-corrected chi connectivity index (χ0v) is 17.0. The number of hydrogen-bond acceptors (Lipinski definition) is 5. The molecule has 0 bridgehead atoms. The molecule has 0 aliphatic heterocycles. The number of aryl methyl sites for hydroxylation is 1. The quantitative estimate of drug-likeness (QED) is 0.608. The largest absolute Gasteiger partial charge is 0.462 e. The minimum atomic E-state index is -0.393. The molecule has 1 aromatic carbocycles. The highest BCUT2D eigenvalue weighted by molar-refractivity contribution is 7.16. The van der Waals surface area contributed by atoms with Gasteiger partial charge in [-0.25, -0.2) is 9.48 Å². The molecule has 3 aromatic rings. The summed E-state index contributed by atoms with van der Waals surface area (Å²) < 4.78 is 6.91. The second kappa shape index (κ2) is 8.84. The lowest BCUT2D eigenvalue weighted by Gasteiger charge is -2.07. The summed E-state index contributed by atoms with van der Waals surface area (Å²) in [6, 6.07) is 9.71. The van der Waals surface area contributed by atoms with Gasteiger partial charge in [0.2, 0.25) is 5.91 Å². The number of thiophene rings is 1. The van der Waals surface area contributed by atoms with Crippen LogP contribution in [0.1, 0.15) is 40.2 Å². The van der Waals surface area contributed by atoms with E-state index in [-0.39, 0.29) is 12.3 Å². The summed E-state index contributed by atoms with van der Waals surface area (Å²) in [5.74, 6) is -0.585. The number of carbonyl (C=O) groups excluding carboxylic acids is 2. The minimum Gasteiger partial charge on any atom is -0.462 e. The summed E-state index contributed by atoms with van der Waals surface area (Å²) in [5.41, 5.74) is 3.12. The number of carbonyl (C=O) groups is 2. The van der Waals surface area contributed by atoms with Crippen LogP contribution in [0.25, 0.3) is 5.69 Å². The van der Waals surface area contributed by atoms with Crippen LogP contribution >= 0.6 is 11.3 Å². The number of esters is 1. The van der Waals surface area contributed by atoms with E-state index >= 15 is 0 Å². The lowest BCUT2D eigenvalue weighted by molar-refractivity contribution is -0.115. The number of para-hydroxylation sites is 1. The van der Waals surface area contributed by atoms with Crippen molar-refractivity contribution in [1.82, 2.24) is 9.78 Å². The minimum absolute atomic E-state index is 0.174. The predicted octanol–water partition coefficient (Wildman–Crippen LogP) is 4.16. The number of ether oxygens (including phenoxy) is 1. The number of nitrogens with one attached hydrogen (secondary N) is 1. The van der Waals surface area contributed by atoms with Crippen molar-refractivity contribution in [3.8, 4) is 5.69 Å². The molecule has 3 rings (SSSR count). The summed E-state index contributed by atoms with van der Waals surface area (Å²) >= 11 is 1.41. The van der Waals surface area contributed by atoms with E-state index in [0.717, 1.165) is 21.7 Å². The van der Waals surface area contributed by atoms with Gasteiger partial charge in [-0.3, -0.25) is 4.79 Å². The van der Waals surface area contributed by atoms with Gasteiger partial charge in [0.05, 0.1) is 30.5 Å². The van der Waals surface area contributed by atoms with E-state index in [4.69, 9.17) is 4.74 Å². The molecular weight excluding hydrogens is 374 g/mol. The average Bonchev–Trinajstić information content (AvgIpc) is 3.26. The van der Waals surface area contributed by atoms with E-state index in [9.17, 15) is 9.59 Å². The normalized spacial score (nSPS) is 10.7. The van der Waals surface area contributed by atoms with E-state index in [0.29, 0.717) is 23.6 Å². The van der Waals surface area contributed by atoms with Gasteiger partial charge < -0.3 is 10.1 Å². The van der Waals surface area contributed by atoms with Crippen LogP contribution < -0.4 is 5.32 Å². The fourth-order valence-electron chi connectivity index (χ4n) is 3.04. The number of aromatic nitrogens is 2. The third-order valence-corrected chi connectivity index (χ3v) is 5.38. The second-order valence-corrected chi connectivity index (χ2v) is 7.49. The van der Waals surface area contributed by atoms with Gasteiger partial charge in [-0.05, 0) is 43.5 Å². The molecule has 0 saturated carbocycles. The fraction of sp³-hybridized carbons (Fsp3) is 0.286. The van der Waals surface area contributed by atoms with Crippen LogP contribution in [0.5, 0.6) is 0 Å². The van der Waals surface area contributed by atoms with Gasteiger partial charge in [0.25, 0.3) is 0 Å². The molecule has 146 valence electrons. The van der Waals surface area contributed by atoms with E-state index < -0.39 is 5.97 Å². The number of amides is 1. The summed E-state index contributed by atoms with van der Waals surface area (Å²) in [4.78, 5) is 26.0. The lowest BCUT2D eigenvalue weighted by atomic mass is 10.1. The zero-order chi connectivity index (χ0) is 20.1. The molecule has 1 amide bonds. The van der Waals surface area contributed by atoms with Crippen molar-refractivity contribution in [3.05, 3.63) is 64.3 Å². The highest BCUT2D eigenvalue weighted by Crippen LogP contribution is 2.34. The molecule has 0 radical (unpaired) electrons. The van der Waals surface area contributed by atoms with Gasteiger partial charge in [0.15, 0.2) is 0 Å². The molecule has 2 heterocycles. The summed E-state index contributed by atoms with van der Waals surface area (Å²) in [5, 5.41) is 7.75. The van der Waals surface area contributed by atoms with E-state index in [1.807, 2.05) is 50.4 Å². The van der Waals surface area contributed by atoms with Crippen molar-refractivity contribution in [2.24, 2.45) is 0 Å². The Morgan fingerprint density at radius 2 is 1.96 bits per heavy atom. The van der Waals surface area contributed by atoms with Gasteiger partial charge >= 0.3 is 5.97 Å². The summed E-state index contributed by atoms with van der Waals surface area (Å²) in [6.07, 6.45) is 4.39. The van der Waals surface area contributed by atoms with Gasteiger partial charge in [-0.2, -0.15) is 5.10 Å². The maximum Gasteiger partial charge on any atom is 0.341 e. The van der Waals surface area contributed by atoms with Crippen molar-refractivity contribution in [1.29, 1.82) is 0 Å². The molecule has 0 saturated heterocycles. The number of benzene rings is 1. The molecular formula is C21H23N3O3S. The first kappa shape index (κ1) is 19.8. The van der Waals surface area contributed by atoms with Gasteiger partial charge in [-0.1, -0.05) is 25.1 Å². The van der Waals surface area contributed by atoms with Crippen molar-refractivity contribution >= 4 is 28.2 Å². The number of hydrogen-bond donors (Lipinski definition) is 1. The smallest absolute Gasteiger partial charge is 0.341 e. The van der Waals surface area contributed by atoms with Crippen LogP contribution in [0, 0.1) is 6.92 Å². The standard InChI is InChI=1S/C21H23N3O3S/c1-4-17-14(3)28-20(19(17)21(26)27-5-2)23-18(25)11-15-12-22-24(13-15)16-9-7-6-8-10-16/h6-10,12-13H,4-5,11H2,1-3H3,(H,23,25). The van der Waals surface area contributed by atoms with Crippen LogP contribution in [-0.4, -0.2) is 28.3 Å². The average molecular weight is 398 g/mol. The highest BCUT2D eigenvalue weighted by Gasteiger charge is 2.23. The Bertz CT molecular complexity index is 976. The van der Waals surface area contributed by atoms with Gasteiger partial charge in [0, 0.05) is 11.1 Å². The third kappa shape index (κ3) is 4.31. The number of rotatable bonds is 7. The maximum atomic E-state index is 12.6. The number of nitrogens with zero attached hydrogens (tertiary/aromatic N) is 2. The van der Waals surface area contributed by atoms with Crippen LogP contribution in [0.2, 0.25) is 0 Å². The van der Waals surface area contributed by atoms with Crippen molar-refractivity contribution in [3.63, 3.8) is 0 Å². The second-order valence-electron chi connectivity index (χ2n) is 6.27. The summed E-state index contributed by atoms with van der Waals surface area (Å²) in [6.45, 7) is 6.00. The molecule has 0 atom stereocenters. The first-order chi connectivity index (χ1) is 13.5. The van der Waals surface area contributed by atoms with Crippen molar-refractivity contribution in [2.75, 3.05) is 11.9 Å². The Balaban J connectivity index is 1.75. The topological polar surface area (TPSA) is 73.2 Å². The predicted molar refractivity (Wildman–Crippen MR) is 110 cm³/mol. The molecule has 0 aliphatic rings. The van der Waals surface area contributed by atoms with Crippen LogP contribution in [0.15, 0.2) is 42.7 Å². The van der Waals surface area contributed by atoms with Gasteiger partial charge in [0.1, 0.15) is 5.00 Å². The van der Waals surface area contributed by atoms with Crippen molar-refractivity contribution in [2.45, 2.75) is 33.6 Å². The van der Waals surface area contributed by atoms with Gasteiger partial charge in [-0.15, -0.1) is 11.3 Å². The van der Waals surface area contributed by atoms with Crippen molar-refractivity contribution < 1.29 is 14.3 Å². The molecule has 28 heavy (non-hydrogen) atoms. The van der Waals surface area contributed by atoms with Crippen LogP contribution in [0.3, 0.4) is 0 Å². The maximum absolute atomic E-state index is 12.6. The van der Waals surface area contributed by atoms with Crippen LogP contribution in [0.4, 0.5) is 5.00 Å². The first-order valence-corrected chi connectivity index (χ1v) is 10.0. The third-order valence-electron chi connectivity index (χ3n) is 4.32. The Labute approximate surface area is 168 Å².